The van der Waals surface area contributed by atoms with Crippen LogP contribution in [-0.4, -0.2) is 23.7 Å². The normalized spacial score (nSPS) is 13.2. The molecule has 0 aliphatic carbocycles. The maximum Gasteiger partial charge on any atom is 0.244 e. The zero-order valence-electron chi connectivity index (χ0n) is 10.5. The van der Waals surface area contributed by atoms with E-state index in [0.717, 1.165) is 9.35 Å². The van der Waals surface area contributed by atoms with Gasteiger partial charge in [-0.05, 0) is 40.4 Å². The lowest BCUT2D eigenvalue weighted by Gasteiger charge is -2.13. The van der Waals surface area contributed by atoms with E-state index in [2.05, 4.69) is 21.2 Å². The van der Waals surface area contributed by atoms with Crippen LogP contribution < -0.4 is 5.32 Å². The van der Waals surface area contributed by atoms with Crippen molar-refractivity contribution >= 4 is 39.2 Å². The number of aliphatic hydroxyl groups excluding tert-OH is 1. The Morgan fingerprint density at radius 3 is 2.89 bits per heavy atom. The monoisotopic (exact) mass is 331 g/mol. The summed E-state index contributed by atoms with van der Waals surface area (Å²) in [7, 11) is 0. The molecule has 1 heterocycles. The highest BCUT2D eigenvalue weighted by atomic mass is 79.9. The third kappa shape index (κ3) is 5.80. The summed E-state index contributed by atoms with van der Waals surface area (Å²) in [6, 6.07) is 1.96. The highest BCUT2D eigenvalue weighted by Crippen LogP contribution is 2.20. The van der Waals surface area contributed by atoms with E-state index in [-0.39, 0.29) is 17.9 Å². The van der Waals surface area contributed by atoms with E-state index in [1.807, 2.05) is 25.3 Å². The number of hydrogen-bond acceptors (Lipinski definition) is 3. The van der Waals surface area contributed by atoms with Gasteiger partial charge in [0.05, 0.1) is 6.10 Å². The van der Waals surface area contributed by atoms with Gasteiger partial charge in [-0.1, -0.05) is 13.8 Å². The van der Waals surface area contributed by atoms with Crippen molar-refractivity contribution in [3.05, 3.63) is 26.9 Å². The number of halogens is 1. The molecule has 100 valence electrons. The fourth-order valence-electron chi connectivity index (χ4n) is 1.31. The molecule has 18 heavy (non-hydrogen) atoms. The molecular weight excluding hydrogens is 314 g/mol. The van der Waals surface area contributed by atoms with Gasteiger partial charge >= 0.3 is 0 Å². The molecule has 0 spiro atoms. The molecule has 0 fully saturated rings. The molecular formula is C13H18BrNO2S. The summed E-state index contributed by atoms with van der Waals surface area (Å²) in [5, 5.41) is 14.3. The topological polar surface area (TPSA) is 49.3 Å². The molecule has 0 saturated carbocycles. The Balaban J connectivity index is 2.27. The smallest absolute Gasteiger partial charge is 0.244 e. The lowest BCUT2D eigenvalue weighted by Crippen LogP contribution is -2.27. The number of carbonyl (C=O) groups is 1. The first-order valence-corrected chi connectivity index (χ1v) is 7.54. The van der Waals surface area contributed by atoms with Crippen LogP contribution in [0.15, 0.2) is 22.0 Å². The zero-order chi connectivity index (χ0) is 13.5. The largest absolute Gasteiger partial charge is 0.393 e. The Labute approximate surface area is 120 Å². The predicted molar refractivity (Wildman–Crippen MR) is 79.5 cm³/mol. The number of thiophene rings is 1. The second-order valence-corrected chi connectivity index (χ2v) is 6.25. The fraction of sp³-hybridized carbons (Fsp3) is 0.462. The Morgan fingerprint density at radius 1 is 1.61 bits per heavy atom. The quantitative estimate of drug-likeness (QED) is 0.787. The van der Waals surface area contributed by atoms with E-state index < -0.39 is 0 Å². The molecule has 1 aromatic rings. The highest BCUT2D eigenvalue weighted by molar-refractivity contribution is 9.10. The first-order valence-electron chi connectivity index (χ1n) is 5.87. The van der Waals surface area contributed by atoms with Crippen molar-refractivity contribution in [3.8, 4) is 0 Å². The van der Waals surface area contributed by atoms with E-state index in [1.54, 1.807) is 17.4 Å². The van der Waals surface area contributed by atoms with Gasteiger partial charge in [0.2, 0.25) is 5.91 Å². The van der Waals surface area contributed by atoms with Crippen molar-refractivity contribution in [3.63, 3.8) is 0 Å². The van der Waals surface area contributed by atoms with Crippen LogP contribution in [0.1, 0.15) is 25.1 Å². The van der Waals surface area contributed by atoms with E-state index in [4.69, 9.17) is 0 Å². The molecule has 2 N–H and O–H groups in total. The van der Waals surface area contributed by atoms with Gasteiger partial charge in [0.1, 0.15) is 0 Å². The van der Waals surface area contributed by atoms with Crippen molar-refractivity contribution in [1.82, 2.24) is 5.32 Å². The summed E-state index contributed by atoms with van der Waals surface area (Å²) in [6.07, 6.45) is 3.52. The molecule has 0 radical (unpaired) electrons. The molecule has 0 bridgehead atoms. The van der Waals surface area contributed by atoms with Crippen LogP contribution in [0.3, 0.4) is 0 Å². The summed E-state index contributed by atoms with van der Waals surface area (Å²) in [6.45, 7) is 4.42. The Kier molecular flexibility index (Phi) is 6.60. The molecule has 1 unspecified atom stereocenters. The number of rotatable bonds is 6. The molecule has 3 nitrogen and oxygen atoms in total. The van der Waals surface area contributed by atoms with Crippen LogP contribution in [-0.2, 0) is 4.79 Å². The van der Waals surface area contributed by atoms with Crippen molar-refractivity contribution in [2.24, 2.45) is 5.92 Å². The van der Waals surface area contributed by atoms with E-state index in [0.29, 0.717) is 13.0 Å². The average molecular weight is 332 g/mol. The first-order chi connectivity index (χ1) is 8.49. The summed E-state index contributed by atoms with van der Waals surface area (Å²) < 4.78 is 1.02. The summed E-state index contributed by atoms with van der Waals surface area (Å²) >= 11 is 4.93. The Bertz CT molecular complexity index is 415. The van der Waals surface area contributed by atoms with E-state index >= 15 is 0 Å². The molecule has 0 saturated heterocycles. The SMILES string of the molecule is CC(C)C(O)CCNC(=O)C=Cc1cc(Br)cs1. The summed E-state index contributed by atoms with van der Waals surface area (Å²) in [4.78, 5) is 12.5. The molecule has 5 heteroatoms. The van der Waals surface area contributed by atoms with E-state index in [9.17, 15) is 9.90 Å². The van der Waals surface area contributed by atoms with Gasteiger partial charge in [-0.3, -0.25) is 4.79 Å². The Morgan fingerprint density at radius 2 is 2.33 bits per heavy atom. The standard InChI is InChI=1S/C13H18BrNO2S/c1-9(2)12(16)5-6-15-13(17)4-3-11-7-10(14)8-18-11/h3-4,7-9,12,16H,5-6H2,1-2H3,(H,15,17). The second-order valence-electron chi connectivity index (χ2n) is 4.39. The molecule has 1 amide bonds. The number of hydrogen-bond donors (Lipinski definition) is 2. The van der Waals surface area contributed by atoms with Crippen molar-refractivity contribution in [2.45, 2.75) is 26.4 Å². The van der Waals surface area contributed by atoms with Gasteiger partial charge in [0, 0.05) is 27.4 Å². The van der Waals surface area contributed by atoms with Gasteiger partial charge in [0.25, 0.3) is 0 Å². The maximum absolute atomic E-state index is 11.5. The first kappa shape index (κ1) is 15.4. The average Bonchev–Trinajstić information content (AvgIpc) is 2.72. The summed E-state index contributed by atoms with van der Waals surface area (Å²) in [5.41, 5.74) is 0. The van der Waals surface area contributed by atoms with Gasteiger partial charge in [-0.2, -0.15) is 0 Å². The zero-order valence-corrected chi connectivity index (χ0v) is 12.9. The van der Waals surface area contributed by atoms with Gasteiger partial charge in [-0.15, -0.1) is 11.3 Å². The molecule has 0 aliphatic heterocycles. The molecule has 1 aromatic heterocycles. The van der Waals surface area contributed by atoms with Crippen LogP contribution in [0.2, 0.25) is 0 Å². The van der Waals surface area contributed by atoms with Crippen molar-refractivity contribution in [2.75, 3.05) is 6.54 Å². The van der Waals surface area contributed by atoms with Crippen molar-refractivity contribution < 1.29 is 9.90 Å². The van der Waals surface area contributed by atoms with E-state index in [1.165, 1.54) is 6.08 Å². The van der Waals surface area contributed by atoms with Gasteiger partial charge in [-0.25, -0.2) is 0 Å². The number of nitrogens with one attached hydrogen (secondary N) is 1. The van der Waals surface area contributed by atoms with Crippen LogP contribution in [0, 0.1) is 5.92 Å². The predicted octanol–water partition coefficient (Wildman–Crippen LogP) is 3.05. The second kappa shape index (κ2) is 7.71. The number of aliphatic hydroxyl groups is 1. The molecule has 1 rings (SSSR count). The lowest BCUT2D eigenvalue weighted by molar-refractivity contribution is -0.116. The van der Waals surface area contributed by atoms with Crippen LogP contribution in [0.25, 0.3) is 6.08 Å². The lowest BCUT2D eigenvalue weighted by atomic mass is 10.0. The molecule has 1 atom stereocenters. The third-order valence-corrected chi connectivity index (χ3v) is 4.15. The van der Waals surface area contributed by atoms with Gasteiger partial charge in [0.15, 0.2) is 0 Å². The maximum atomic E-state index is 11.5. The molecule has 0 aromatic carbocycles. The Hall–Kier alpha value is -0.650. The fourth-order valence-corrected chi connectivity index (χ4v) is 2.65. The highest BCUT2D eigenvalue weighted by Gasteiger charge is 2.08. The third-order valence-electron chi connectivity index (χ3n) is 2.50. The number of carbonyl (C=O) groups excluding carboxylic acids is 1. The van der Waals surface area contributed by atoms with Crippen LogP contribution in [0.4, 0.5) is 0 Å². The van der Waals surface area contributed by atoms with Gasteiger partial charge < -0.3 is 10.4 Å². The van der Waals surface area contributed by atoms with Crippen LogP contribution >= 0.6 is 27.3 Å². The van der Waals surface area contributed by atoms with Crippen LogP contribution in [0.5, 0.6) is 0 Å². The minimum Gasteiger partial charge on any atom is -0.393 e. The number of amides is 1. The summed E-state index contributed by atoms with van der Waals surface area (Å²) in [5.74, 6) is 0.0939. The minimum atomic E-state index is -0.359. The minimum absolute atomic E-state index is 0.129. The molecule has 0 aliphatic rings. The van der Waals surface area contributed by atoms with Crippen molar-refractivity contribution in [1.29, 1.82) is 0 Å².